The normalized spacial score (nSPS) is 21.4. The van der Waals surface area contributed by atoms with Crippen LogP contribution in [0, 0.1) is 0 Å². The molecular formula is C20H20O2. The van der Waals surface area contributed by atoms with Crippen LogP contribution in [0.15, 0.2) is 72.0 Å². The van der Waals surface area contributed by atoms with Crippen molar-refractivity contribution >= 4 is 5.78 Å². The fourth-order valence-corrected chi connectivity index (χ4v) is 3.26. The molecule has 1 aliphatic rings. The summed E-state index contributed by atoms with van der Waals surface area (Å²) in [5.41, 5.74) is 3.14. The molecule has 2 atom stereocenters. The predicted octanol–water partition coefficient (Wildman–Crippen LogP) is 4.79. The van der Waals surface area contributed by atoms with Crippen LogP contribution in [0.1, 0.15) is 43.4 Å². The molecule has 1 aliphatic heterocycles. The molecule has 0 amide bonds. The van der Waals surface area contributed by atoms with Gasteiger partial charge in [0.15, 0.2) is 5.78 Å². The quantitative estimate of drug-likeness (QED) is 0.812. The van der Waals surface area contributed by atoms with Crippen molar-refractivity contribution in [3.05, 3.63) is 83.1 Å². The Kier molecular flexibility index (Phi) is 4.10. The Morgan fingerprint density at radius 3 is 2.05 bits per heavy atom. The molecule has 0 saturated carbocycles. The second-order valence-electron chi connectivity index (χ2n) is 5.74. The number of carbonyl (C=O) groups is 1. The fraction of sp³-hybridized carbons (Fsp3) is 0.250. The molecule has 1 heterocycles. The third kappa shape index (κ3) is 2.82. The predicted molar refractivity (Wildman–Crippen MR) is 87.4 cm³/mol. The van der Waals surface area contributed by atoms with E-state index in [1.807, 2.05) is 43.3 Å². The monoisotopic (exact) mass is 292 g/mol. The van der Waals surface area contributed by atoms with Gasteiger partial charge in [0.1, 0.15) is 11.9 Å². The van der Waals surface area contributed by atoms with E-state index in [2.05, 4.69) is 24.3 Å². The van der Waals surface area contributed by atoms with Gasteiger partial charge >= 0.3 is 0 Å². The van der Waals surface area contributed by atoms with E-state index in [9.17, 15) is 4.79 Å². The van der Waals surface area contributed by atoms with E-state index in [0.29, 0.717) is 0 Å². The standard InChI is InChI=1S/C20H20O2/c1-14(21)20-15(2)22-19(17-11-7-4-8-12-17)13-18(20)16-9-5-3-6-10-16/h3-12,18-19H,13H2,1-2H3. The van der Waals surface area contributed by atoms with Crippen LogP contribution < -0.4 is 0 Å². The first kappa shape index (κ1) is 14.6. The molecule has 0 aromatic heterocycles. The molecule has 0 N–H and O–H groups in total. The third-order valence-corrected chi connectivity index (χ3v) is 4.25. The number of hydrogen-bond donors (Lipinski definition) is 0. The molecule has 112 valence electrons. The van der Waals surface area contributed by atoms with Gasteiger partial charge < -0.3 is 4.74 Å². The van der Waals surface area contributed by atoms with Crippen LogP contribution in [-0.4, -0.2) is 5.78 Å². The highest BCUT2D eigenvalue weighted by Crippen LogP contribution is 2.43. The lowest BCUT2D eigenvalue weighted by atomic mass is 9.81. The molecule has 2 aromatic carbocycles. The van der Waals surface area contributed by atoms with Gasteiger partial charge in [-0.1, -0.05) is 60.7 Å². The van der Waals surface area contributed by atoms with Crippen molar-refractivity contribution in [2.75, 3.05) is 0 Å². The average Bonchev–Trinajstić information content (AvgIpc) is 2.55. The molecule has 0 saturated heterocycles. The summed E-state index contributed by atoms with van der Waals surface area (Å²) in [4.78, 5) is 12.1. The van der Waals surface area contributed by atoms with Gasteiger partial charge in [-0.05, 0) is 31.4 Å². The molecule has 2 unspecified atom stereocenters. The molecule has 0 aliphatic carbocycles. The van der Waals surface area contributed by atoms with E-state index in [1.165, 1.54) is 5.56 Å². The number of benzene rings is 2. The van der Waals surface area contributed by atoms with Crippen molar-refractivity contribution in [1.29, 1.82) is 0 Å². The molecule has 0 spiro atoms. The van der Waals surface area contributed by atoms with Gasteiger partial charge in [-0.15, -0.1) is 0 Å². The Morgan fingerprint density at radius 1 is 0.955 bits per heavy atom. The van der Waals surface area contributed by atoms with E-state index >= 15 is 0 Å². The summed E-state index contributed by atoms with van der Waals surface area (Å²) in [5.74, 6) is 0.942. The zero-order chi connectivity index (χ0) is 15.5. The van der Waals surface area contributed by atoms with Crippen LogP contribution in [0.4, 0.5) is 0 Å². The summed E-state index contributed by atoms with van der Waals surface area (Å²) in [6, 6.07) is 20.4. The number of hydrogen-bond acceptors (Lipinski definition) is 2. The van der Waals surface area contributed by atoms with Crippen LogP contribution in [0.5, 0.6) is 0 Å². The van der Waals surface area contributed by atoms with Crippen LogP contribution in [-0.2, 0) is 9.53 Å². The summed E-state index contributed by atoms with van der Waals surface area (Å²) in [7, 11) is 0. The van der Waals surface area contributed by atoms with Crippen LogP contribution in [0.3, 0.4) is 0 Å². The van der Waals surface area contributed by atoms with E-state index < -0.39 is 0 Å². The number of ketones is 1. The molecule has 2 aromatic rings. The van der Waals surface area contributed by atoms with Crippen molar-refractivity contribution < 1.29 is 9.53 Å². The highest BCUT2D eigenvalue weighted by Gasteiger charge is 2.32. The minimum Gasteiger partial charge on any atom is -0.490 e. The SMILES string of the molecule is CC(=O)C1=C(C)OC(c2ccccc2)CC1c1ccccc1. The summed E-state index contributed by atoms with van der Waals surface area (Å²) in [6.07, 6.45) is 0.787. The van der Waals surface area contributed by atoms with Gasteiger partial charge in [-0.25, -0.2) is 0 Å². The van der Waals surface area contributed by atoms with Gasteiger partial charge in [0.25, 0.3) is 0 Å². The van der Waals surface area contributed by atoms with Gasteiger partial charge in [-0.3, -0.25) is 4.79 Å². The smallest absolute Gasteiger partial charge is 0.159 e. The molecular weight excluding hydrogens is 272 g/mol. The number of Topliss-reactive ketones (excluding diaryl/α,β-unsaturated/α-hetero) is 1. The summed E-state index contributed by atoms with van der Waals surface area (Å²) in [6.45, 7) is 3.53. The first-order chi connectivity index (χ1) is 10.7. The Labute approximate surface area is 131 Å². The average molecular weight is 292 g/mol. The van der Waals surface area contributed by atoms with Crippen molar-refractivity contribution in [2.24, 2.45) is 0 Å². The number of allylic oxidation sites excluding steroid dienone is 2. The topological polar surface area (TPSA) is 26.3 Å². The van der Waals surface area contributed by atoms with Crippen LogP contribution in [0.25, 0.3) is 0 Å². The third-order valence-electron chi connectivity index (χ3n) is 4.25. The molecule has 2 heteroatoms. The maximum Gasteiger partial charge on any atom is 0.159 e. The Morgan fingerprint density at radius 2 is 1.50 bits per heavy atom. The molecule has 0 fully saturated rings. The lowest BCUT2D eigenvalue weighted by Crippen LogP contribution is -2.22. The lowest BCUT2D eigenvalue weighted by molar-refractivity contribution is -0.114. The summed E-state index contributed by atoms with van der Waals surface area (Å²) < 4.78 is 6.06. The van der Waals surface area contributed by atoms with Crippen LogP contribution in [0.2, 0.25) is 0 Å². The van der Waals surface area contributed by atoms with Gasteiger partial charge in [0, 0.05) is 11.5 Å². The highest BCUT2D eigenvalue weighted by atomic mass is 16.5. The fourth-order valence-electron chi connectivity index (χ4n) is 3.26. The van der Waals surface area contributed by atoms with Gasteiger partial charge in [0.05, 0.1) is 0 Å². The van der Waals surface area contributed by atoms with E-state index in [1.54, 1.807) is 6.92 Å². The zero-order valence-corrected chi connectivity index (χ0v) is 13.0. The lowest BCUT2D eigenvalue weighted by Gasteiger charge is -2.33. The molecule has 3 rings (SSSR count). The number of rotatable bonds is 3. The van der Waals surface area contributed by atoms with Crippen molar-refractivity contribution in [1.82, 2.24) is 0 Å². The van der Waals surface area contributed by atoms with E-state index in [0.717, 1.165) is 23.3 Å². The van der Waals surface area contributed by atoms with Gasteiger partial charge in [-0.2, -0.15) is 0 Å². The van der Waals surface area contributed by atoms with Crippen molar-refractivity contribution in [2.45, 2.75) is 32.3 Å². The zero-order valence-electron chi connectivity index (χ0n) is 13.0. The molecule has 2 nitrogen and oxygen atoms in total. The minimum absolute atomic E-state index is 0.00509. The van der Waals surface area contributed by atoms with Crippen molar-refractivity contribution in [3.63, 3.8) is 0 Å². The summed E-state index contributed by atoms with van der Waals surface area (Å²) in [5, 5.41) is 0. The van der Waals surface area contributed by atoms with Crippen molar-refractivity contribution in [3.8, 4) is 0 Å². The number of carbonyl (C=O) groups excluding carboxylic acids is 1. The maximum atomic E-state index is 12.1. The first-order valence-electron chi connectivity index (χ1n) is 7.65. The first-order valence-corrected chi connectivity index (χ1v) is 7.65. The summed E-state index contributed by atoms with van der Waals surface area (Å²) >= 11 is 0. The Hall–Kier alpha value is -2.35. The number of ether oxygens (including phenoxy) is 1. The Bertz CT molecular complexity index is 686. The highest BCUT2D eigenvalue weighted by molar-refractivity contribution is 5.95. The maximum absolute atomic E-state index is 12.1. The molecule has 22 heavy (non-hydrogen) atoms. The molecule has 0 radical (unpaired) electrons. The Balaban J connectivity index is 2.01. The van der Waals surface area contributed by atoms with E-state index in [-0.39, 0.29) is 17.8 Å². The largest absolute Gasteiger partial charge is 0.490 e. The van der Waals surface area contributed by atoms with E-state index in [4.69, 9.17) is 4.74 Å². The second kappa shape index (κ2) is 6.18. The minimum atomic E-state index is -0.00509. The van der Waals surface area contributed by atoms with Crippen LogP contribution >= 0.6 is 0 Å². The van der Waals surface area contributed by atoms with Gasteiger partial charge in [0.2, 0.25) is 0 Å². The molecule has 0 bridgehead atoms. The second-order valence-corrected chi connectivity index (χ2v) is 5.74.